The van der Waals surface area contributed by atoms with Crippen molar-refractivity contribution in [2.24, 2.45) is 5.92 Å². The molecule has 1 rings (SSSR count). The number of sulfone groups is 1. The fourth-order valence-corrected chi connectivity index (χ4v) is 4.08. The van der Waals surface area contributed by atoms with Gasteiger partial charge in [-0.05, 0) is 25.3 Å². The molecule has 5 heteroatoms. The summed E-state index contributed by atoms with van der Waals surface area (Å²) in [5.74, 6) is 0.930. The number of nitrogens with one attached hydrogen (secondary N) is 1. The standard InChI is InChI=1S/C12H25NO3S/c1-3-13-12(11-6-4-5-7-11)10-17(14,15)9-8-16-2/h11-13H,3-10H2,1-2H3. The highest BCUT2D eigenvalue weighted by molar-refractivity contribution is 7.91. The molecule has 0 aromatic heterocycles. The molecule has 4 nitrogen and oxygen atoms in total. The third-order valence-electron chi connectivity index (χ3n) is 3.47. The van der Waals surface area contributed by atoms with Crippen molar-refractivity contribution in [1.29, 1.82) is 0 Å². The Morgan fingerprint density at radius 1 is 1.35 bits per heavy atom. The third kappa shape index (κ3) is 5.36. The van der Waals surface area contributed by atoms with Gasteiger partial charge < -0.3 is 10.1 Å². The van der Waals surface area contributed by atoms with Crippen molar-refractivity contribution in [2.75, 3.05) is 31.8 Å². The van der Waals surface area contributed by atoms with Crippen molar-refractivity contribution in [1.82, 2.24) is 5.32 Å². The van der Waals surface area contributed by atoms with E-state index in [0.29, 0.717) is 12.5 Å². The summed E-state index contributed by atoms with van der Waals surface area (Å²) in [6.07, 6.45) is 4.81. The highest BCUT2D eigenvalue weighted by Gasteiger charge is 2.28. The maximum absolute atomic E-state index is 11.9. The quantitative estimate of drug-likeness (QED) is 0.715. The molecule has 1 fully saturated rings. The fourth-order valence-electron chi connectivity index (χ4n) is 2.55. The van der Waals surface area contributed by atoms with Gasteiger partial charge in [0, 0.05) is 13.2 Å². The molecule has 1 unspecified atom stereocenters. The second-order valence-electron chi connectivity index (χ2n) is 4.82. The zero-order chi connectivity index (χ0) is 12.7. The van der Waals surface area contributed by atoms with E-state index in [9.17, 15) is 8.42 Å². The third-order valence-corrected chi connectivity index (χ3v) is 5.12. The molecule has 0 amide bonds. The minimum atomic E-state index is -2.99. The van der Waals surface area contributed by atoms with Crippen LogP contribution in [0.15, 0.2) is 0 Å². The summed E-state index contributed by atoms with van der Waals surface area (Å²) >= 11 is 0. The van der Waals surface area contributed by atoms with Gasteiger partial charge in [-0.3, -0.25) is 0 Å². The highest BCUT2D eigenvalue weighted by atomic mass is 32.2. The first-order valence-electron chi connectivity index (χ1n) is 6.52. The van der Waals surface area contributed by atoms with Gasteiger partial charge in [-0.25, -0.2) is 8.42 Å². The summed E-state index contributed by atoms with van der Waals surface area (Å²) in [4.78, 5) is 0. The predicted octanol–water partition coefficient (Wildman–Crippen LogP) is 1.22. The first kappa shape index (κ1) is 14.9. The van der Waals surface area contributed by atoms with Crippen molar-refractivity contribution in [3.63, 3.8) is 0 Å². The zero-order valence-corrected chi connectivity index (χ0v) is 11.8. The lowest BCUT2D eigenvalue weighted by molar-refractivity contribution is 0.217. The molecule has 0 saturated heterocycles. The molecule has 0 heterocycles. The maximum Gasteiger partial charge on any atom is 0.154 e. The van der Waals surface area contributed by atoms with E-state index in [2.05, 4.69) is 5.32 Å². The van der Waals surface area contributed by atoms with Crippen LogP contribution in [0.1, 0.15) is 32.6 Å². The van der Waals surface area contributed by atoms with Crippen LogP contribution in [-0.2, 0) is 14.6 Å². The van der Waals surface area contributed by atoms with E-state index < -0.39 is 9.84 Å². The number of methoxy groups -OCH3 is 1. The van der Waals surface area contributed by atoms with E-state index in [0.717, 1.165) is 19.4 Å². The zero-order valence-electron chi connectivity index (χ0n) is 10.9. The smallest absolute Gasteiger partial charge is 0.154 e. The molecule has 0 aromatic rings. The average Bonchev–Trinajstić information content (AvgIpc) is 2.79. The molecule has 102 valence electrons. The predicted molar refractivity (Wildman–Crippen MR) is 70.0 cm³/mol. The van der Waals surface area contributed by atoms with Crippen LogP contribution in [0.3, 0.4) is 0 Å². The monoisotopic (exact) mass is 263 g/mol. The summed E-state index contributed by atoms with van der Waals surface area (Å²) in [5.41, 5.74) is 0. The second-order valence-corrected chi connectivity index (χ2v) is 7.04. The van der Waals surface area contributed by atoms with Crippen LogP contribution in [0.4, 0.5) is 0 Å². The van der Waals surface area contributed by atoms with Crippen molar-refractivity contribution in [3.8, 4) is 0 Å². The molecule has 0 radical (unpaired) electrons. The Morgan fingerprint density at radius 3 is 2.53 bits per heavy atom. The van der Waals surface area contributed by atoms with Crippen LogP contribution < -0.4 is 5.32 Å². The molecule has 0 aromatic carbocycles. The lowest BCUT2D eigenvalue weighted by Crippen LogP contribution is -2.41. The van der Waals surface area contributed by atoms with Crippen molar-refractivity contribution in [2.45, 2.75) is 38.6 Å². The van der Waals surface area contributed by atoms with Crippen LogP contribution in [-0.4, -0.2) is 46.2 Å². The van der Waals surface area contributed by atoms with Crippen LogP contribution in [0, 0.1) is 5.92 Å². The summed E-state index contributed by atoms with van der Waals surface area (Å²) in [7, 11) is -1.45. The van der Waals surface area contributed by atoms with Crippen LogP contribution in [0.2, 0.25) is 0 Å². The van der Waals surface area contributed by atoms with Gasteiger partial charge in [0.2, 0.25) is 0 Å². The highest BCUT2D eigenvalue weighted by Crippen LogP contribution is 2.28. The summed E-state index contributed by atoms with van der Waals surface area (Å²) in [5, 5.41) is 3.34. The molecule has 0 aliphatic heterocycles. The summed E-state index contributed by atoms with van der Waals surface area (Å²) < 4.78 is 28.7. The normalized spacial score (nSPS) is 19.6. The van der Waals surface area contributed by atoms with Crippen LogP contribution in [0.25, 0.3) is 0 Å². The Kier molecular flexibility index (Phi) is 6.44. The molecular formula is C12H25NO3S. The number of hydrogen-bond donors (Lipinski definition) is 1. The average molecular weight is 263 g/mol. The number of hydrogen-bond acceptors (Lipinski definition) is 4. The van der Waals surface area contributed by atoms with Crippen LogP contribution >= 0.6 is 0 Å². The van der Waals surface area contributed by atoms with Gasteiger partial charge in [0.05, 0.1) is 18.1 Å². The van der Waals surface area contributed by atoms with Crippen molar-refractivity contribution < 1.29 is 13.2 Å². The Balaban J connectivity index is 2.52. The first-order chi connectivity index (χ1) is 8.09. The van der Waals surface area contributed by atoms with E-state index in [1.165, 1.54) is 20.0 Å². The van der Waals surface area contributed by atoms with Gasteiger partial charge in [0.1, 0.15) is 0 Å². The molecule has 1 aliphatic rings. The van der Waals surface area contributed by atoms with Gasteiger partial charge >= 0.3 is 0 Å². The topological polar surface area (TPSA) is 55.4 Å². The molecule has 1 atom stereocenters. The molecule has 1 aliphatic carbocycles. The van der Waals surface area contributed by atoms with E-state index >= 15 is 0 Å². The van der Waals surface area contributed by atoms with Gasteiger partial charge in [0.25, 0.3) is 0 Å². The Labute approximate surface area is 105 Å². The fraction of sp³-hybridized carbons (Fsp3) is 1.00. The Morgan fingerprint density at radius 2 is 2.00 bits per heavy atom. The minimum absolute atomic E-state index is 0.129. The Bertz CT molecular complexity index is 297. The number of ether oxygens (including phenoxy) is 1. The van der Waals surface area contributed by atoms with Gasteiger partial charge in [-0.1, -0.05) is 19.8 Å². The van der Waals surface area contributed by atoms with Gasteiger partial charge in [-0.15, -0.1) is 0 Å². The molecule has 1 N–H and O–H groups in total. The number of rotatable bonds is 8. The van der Waals surface area contributed by atoms with Crippen LogP contribution in [0.5, 0.6) is 0 Å². The largest absolute Gasteiger partial charge is 0.384 e. The first-order valence-corrected chi connectivity index (χ1v) is 8.34. The molecule has 0 spiro atoms. The molecular weight excluding hydrogens is 238 g/mol. The lowest BCUT2D eigenvalue weighted by Gasteiger charge is -2.24. The second kappa shape index (κ2) is 7.34. The van der Waals surface area contributed by atoms with E-state index in [1.54, 1.807) is 0 Å². The molecule has 17 heavy (non-hydrogen) atoms. The lowest BCUT2D eigenvalue weighted by atomic mass is 10.00. The molecule has 0 bridgehead atoms. The minimum Gasteiger partial charge on any atom is -0.384 e. The van der Waals surface area contributed by atoms with Gasteiger partial charge in [0.15, 0.2) is 9.84 Å². The van der Waals surface area contributed by atoms with E-state index in [1.807, 2.05) is 6.92 Å². The SMILES string of the molecule is CCNC(CS(=O)(=O)CCOC)C1CCCC1. The van der Waals surface area contributed by atoms with Crippen molar-refractivity contribution in [3.05, 3.63) is 0 Å². The van der Waals surface area contributed by atoms with Crippen molar-refractivity contribution >= 4 is 9.84 Å². The molecule has 1 saturated carbocycles. The maximum atomic E-state index is 11.9. The van der Waals surface area contributed by atoms with E-state index in [4.69, 9.17) is 4.74 Å². The summed E-state index contributed by atoms with van der Waals surface area (Å²) in [6, 6.07) is 0.129. The van der Waals surface area contributed by atoms with E-state index in [-0.39, 0.29) is 17.5 Å². The Hall–Kier alpha value is -0.130. The van der Waals surface area contributed by atoms with Gasteiger partial charge in [-0.2, -0.15) is 0 Å². The summed E-state index contributed by atoms with van der Waals surface area (Å²) in [6.45, 7) is 3.16.